The Kier molecular flexibility index (Phi) is 16.4. The molecular formula is C15H35O3P. The Morgan fingerprint density at radius 1 is 1.05 bits per heavy atom. The number of hydrogen-bond acceptors (Lipinski definition) is 2. The average molecular weight is 294 g/mol. The van der Waals surface area contributed by atoms with Crippen LogP contribution < -0.4 is 0 Å². The third kappa shape index (κ3) is 20.6. The van der Waals surface area contributed by atoms with Gasteiger partial charge >= 0.3 is 8.25 Å². The lowest BCUT2D eigenvalue weighted by Gasteiger charge is -2.17. The van der Waals surface area contributed by atoms with E-state index in [9.17, 15) is 4.57 Å². The zero-order chi connectivity index (χ0) is 15.3. The van der Waals surface area contributed by atoms with Crippen molar-refractivity contribution >= 4 is 8.25 Å². The van der Waals surface area contributed by atoms with Gasteiger partial charge in [-0.3, -0.25) is 4.57 Å². The van der Waals surface area contributed by atoms with Crippen LogP contribution in [0, 0.1) is 11.8 Å². The summed E-state index contributed by atoms with van der Waals surface area (Å²) in [6.07, 6.45) is 6.48. The van der Waals surface area contributed by atoms with E-state index in [-0.39, 0.29) is 6.10 Å². The molecule has 0 aromatic carbocycles. The zero-order valence-corrected chi connectivity index (χ0v) is 14.7. The topological polar surface area (TPSA) is 46.5 Å². The van der Waals surface area contributed by atoms with E-state index in [1.54, 1.807) is 0 Å². The highest BCUT2D eigenvalue weighted by atomic mass is 31.1. The van der Waals surface area contributed by atoms with Crippen molar-refractivity contribution in [3.8, 4) is 0 Å². The summed E-state index contributed by atoms with van der Waals surface area (Å²) in [5.41, 5.74) is 0. The standard InChI is InChI=1S/C10H23O3P.C5H12/c1-4-5-6-7-10(8-9(2)3)13-14(11)12;1-4-5(2)3/h9-10,14H,4-8H2,1-3H3,(H,11,12);5H,4H2,1-3H3. The fourth-order valence-electron chi connectivity index (χ4n) is 1.52. The molecule has 1 N–H and O–H groups in total. The maximum Gasteiger partial charge on any atom is 0.316 e. The molecule has 0 aromatic rings. The molecule has 4 heteroatoms. The van der Waals surface area contributed by atoms with Gasteiger partial charge in [0.25, 0.3) is 0 Å². The van der Waals surface area contributed by atoms with E-state index in [0.29, 0.717) is 5.92 Å². The van der Waals surface area contributed by atoms with E-state index in [1.165, 1.54) is 19.3 Å². The van der Waals surface area contributed by atoms with Crippen LogP contribution in [0.15, 0.2) is 0 Å². The van der Waals surface area contributed by atoms with E-state index in [0.717, 1.165) is 25.2 Å². The maximum atomic E-state index is 10.6. The molecule has 0 aliphatic carbocycles. The van der Waals surface area contributed by atoms with Crippen molar-refractivity contribution in [2.75, 3.05) is 0 Å². The minimum atomic E-state index is -2.77. The first-order chi connectivity index (χ1) is 8.83. The van der Waals surface area contributed by atoms with E-state index >= 15 is 0 Å². The van der Waals surface area contributed by atoms with Crippen LogP contribution in [0.2, 0.25) is 0 Å². The monoisotopic (exact) mass is 294 g/mol. The average Bonchev–Trinajstić information content (AvgIpc) is 2.28. The largest absolute Gasteiger partial charge is 0.326 e. The zero-order valence-electron chi connectivity index (χ0n) is 13.7. The summed E-state index contributed by atoms with van der Waals surface area (Å²) < 4.78 is 15.6. The first kappa shape index (κ1) is 21.4. The smallest absolute Gasteiger partial charge is 0.316 e. The van der Waals surface area contributed by atoms with Gasteiger partial charge in [0.15, 0.2) is 0 Å². The molecule has 0 amide bonds. The molecule has 0 bridgehead atoms. The molecule has 0 heterocycles. The van der Waals surface area contributed by atoms with Crippen molar-refractivity contribution in [3.63, 3.8) is 0 Å². The second kappa shape index (κ2) is 14.6. The van der Waals surface area contributed by atoms with Crippen LogP contribution in [0.3, 0.4) is 0 Å². The molecule has 2 unspecified atom stereocenters. The van der Waals surface area contributed by atoms with Crippen molar-refractivity contribution < 1.29 is 14.0 Å². The molecule has 0 saturated carbocycles. The molecular weight excluding hydrogens is 259 g/mol. The lowest BCUT2D eigenvalue weighted by atomic mass is 10.0. The highest BCUT2D eigenvalue weighted by molar-refractivity contribution is 7.32. The van der Waals surface area contributed by atoms with Crippen molar-refractivity contribution in [2.45, 2.75) is 86.2 Å². The minimum Gasteiger partial charge on any atom is -0.326 e. The van der Waals surface area contributed by atoms with Gasteiger partial charge in [-0.2, -0.15) is 0 Å². The predicted molar refractivity (Wildman–Crippen MR) is 84.8 cm³/mol. The maximum absolute atomic E-state index is 10.6. The molecule has 19 heavy (non-hydrogen) atoms. The van der Waals surface area contributed by atoms with Gasteiger partial charge in [0.05, 0.1) is 6.10 Å². The van der Waals surface area contributed by atoms with Crippen molar-refractivity contribution in [1.29, 1.82) is 0 Å². The molecule has 118 valence electrons. The Morgan fingerprint density at radius 3 is 1.89 bits per heavy atom. The van der Waals surface area contributed by atoms with Gasteiger partial charge in [-0.05, 0) is 24.7 Å². The van der Waals surface area contributed by atoms with Crippen LogP contribution in [0.1, 0.15) is 80.1 Å². The second-order valence-electron chi connectivity index (χ2n) is 5.93. The van der Waals surface area contributed by atoms with Crippen molar-refractivity contribution in [2.24, 2.45) is 11.8 Å². The Balaban J connectivity index is 0. The second-order valence-corrected chi connectivity index (χ2v) is 6.70. The third-order valence-electron chi connectivity index (χ3n) is 2.95. The third-order valence-corrected chi connectivity index (χ3v) is 3.48. The van der Waals surface area contributed by atoms with Crippen LogP contribution in [0.5, 0.6) is 0 Å². The molecule has 0 rings (SSSR count). The van der Waals surface area contributed by atoms with E-state index < -0.39 is 8.25 Å². The normalized spacial score (nSPS) is 14.2. The highest BCUT2D eigenvalue weighted by Crippen LogP contribution is 2.25. The number of hydrogen-bond donors (Lipinski definition) is 1. The van der Waals surface area contributed by atoms with Gasteiger partial charge in [-0.15, -0.1) is 0 Å². The first-order valence-corrected chi connectivity index (χ1v) is 8.99. The van der Waals surface area contributed by atoms with Gasteiger partial charge < -0.3 is 9.42 Å². The Hall–Kier alpha value is 0.150. The van der Waals surface area contributed by atoms with Crippen LogP contribution in [-0.4, -0.2) is 11.0 Å². The van der Waals surface area contributed by atoms with Gasteiger partial charge in [-0.1, -0.05) is 67.2 Å². The summed E-state index contributed by atoms with van der Waals surface area (Å²) >= 11 is 0. The summed E-state index contributed by atoms with van der Waals surface area (Å²) in [7, 11) is -2.77. The van der Waals surface area contributed by atoms with Gasteiger partial charge in [-0.25, -0.2) is 0 Å². The van der Waals surface area contributed by atoms with Crippen molar-refractivity contribution in [1.82, 2.24) is 0 Å². The molecule has 0 aliphatic rings. The SMILES string of the molecule is CCC(C)C.CCCCCC(CC(C)C)O[PH](=O)O. The molecule has 2 atom stereocenters. The van der Waals surface area contributed by atoms with Crippen LogP contribution in [0.25, 0.3) is 0 Å². The summed E-state index contributed by atoms with van der Waals surface area (Å²) in [4.78, 5) is 8.72. The molecule has 0 saturated heterocycles. The quantitative estimate of drug-likeness (QED) is 0.455. The number of unbranched alkanes of at least 4 members (excludes halogenated alkanes) is 2. The lowest BCUT2D eigenvalue weighted by Crippen LogP contribution is -2.12. The Morgan fingerprint density at radius 2 is 1.58 bits per heavy atom. The summed E-state index contributed by atoms with van der Waals surface area (Å²) in [6, 6.07) is 0. The van der Waals surface area contributed by atoms with E-state index in [4.69, 9.17) is 9.42 Å². The Bertz CT molecular complexity index is 206. The molecule has 0 fully saturated rings. The van der Waals surface area contributed by atoms with Crippen LogP contribution in [0.4, 0.5) is 0 Å². The summed E-state index contributed by atoms with van der Waals surface area (Å²) in [5, 5.41) is 0. The predicted octanol–water partition coefficient (Wildman–Crippen LogP) is 5.43. The lowest BCUT2D eigenvalue weighted by molar-refractivity contribution is 0.152. The van der Waals surface area contributed by atoms with Gasteiger partial charge in [0, 0.05) is 0 Å². The molecule has 0 aromatic heterocycles. The fraction of sp³-hybridized carbons (Fsp3) is 1.00. The molecule has 0 spiro atoms. The van der Waals surface area contributed by atoms with Crippen LogP contribution >= 0.6 is 8.25 Å². The first-order valence-electron chi connectivity index (χ1n) is 7.72. The summed E-state index contributed by atoms with van der Waals surface area (Å²) in [5.74, 6) is 1.40. The highest BCUT2D eigenvalue weighted by Gasteiger charge is 2.12. The van der Waals surface area contributed by atoms with E-state index in [2.05, 4.69) is 41.5 Å². The van der Waals surface area contributed by atoms with Crippen LogP contribution in [-0.2, 0) is 9.09 Å². The molecule has 3 nitrogen and oxygen atoms in total. The summed E-state index contributed by atoms with van der Waals surface area (Å²) in [6.45, 7) is 13.0. The minimum absolute atomic E-state index is 0.0297. The number of rotatable bonds is 9. The Labute approximate surface area is 121 Å². The fourth-order valence-corrected chi connectivity index (χ4v) is 2.01. The van der Waals surface area contributed by atoms with Gasteiger partial charge in [0.1, 0.15) is 0 Å². The van der Waals surface area contributed by atoms with Crippen molar-refractivity contribution in [3.05, 3.63) is 0 Å². The van der Waals surface area contributed by atoms with Gasteiger partial charge in [0.2, 0.25) is 0 Å². The molecule has 0 aliphatic heterocycles. The van der Waals surface area contributed by atoms with E-state index in [1.807, 2.05) is 0 Å². The molecule has 0 radical (unpaired) electrons.